The van der Waals surface area contributed by atoms with Crippen molar-refractivity contribution in [3.63, 3.8) is 0 Å². The molecular weight excluding hydrogens is 402 g/mol. The van der Waals surface area contributed by atoms with Gasteiger partial charge in [-0.15, -0.1) is 0 Å². The molecule has 2 unspecified atom stereocenters. The maximum absolute atomic E-state index is 11.7. The molecule has 0 spiro atoms. The zero-order valence-electron chi connectivity index (χ0n) is 12.8. The zero-order valence-corrected chi connectivity index (χ0v) is 14.3. The van der Waals surface area contributed by atoms with Gasteiger partial charge in [-0.3, -0.25) is 9.59 Å². The molecule has 0 amide bonds. The van der Waals surface area contributed by atoms with Gasteiger partial charge in [0.15, 0.2) is 0 Å². The van der Waals surface area contributed by atoms with Crippen LogP contribution in [0.15, 0.2) is 0 Å². The Morgan fingerprint density at radius 3 is 1.04 bits per heavy atom. The molecule has 0 aromatic heterocycles. The van der Waals surface area contributed by atoms with Gasteiger partial charge in [0.2, 0.25) is 0 Å². The predicted molar refractivity (Wildman–Crippen MR) is 59.7 cm³/mol. The number of carbonyl (C=O) groups is 4. The fraction of sp³-hybridized carbons (Fsp3) is 0.667. The predicted octanol–water partition coefficient (Wildman–Crippen LogP) is -0.215. The smallest absolute Gasteiger partial charge is 0.550 e. The topological polar surface area (TPSA) is 114 Å². The molecule has 0 aromatic carbocycles. The first-order valence-electron chi connectivity index (χ1n) is 6.08. The molecule has 0 aliphatic heterocycles. The molecule has 0 saturated carbocycles. The van der Waals surface area contributed by atoms with Crippen LogP contribution in [0.3, 0.4) is 0 Å². The minimum Gasteiger partial charge on any atom is -0.550 e. The number of hydrogen-bond donors (Lipinski definition) is 0. The zero-order chi connectivity index (χ0) is 19.9. The first-order valence-corrected chi connectivity index (χ1v) is 6.08. The molecule has 0 heterocycles. The molecule has 0 N–H and O–H groups in total. The maximum Gasteiger partial charge on any atom is 2.00 e. The molecule has 6 nitrogen and oxygen atoms in total. The summed E-state index contributed by atoms with van der Waals surface area (Å²) in [5, 5.41) is 19.5. The summed E-state index contributed by atoms with van der Waals surface area (Å²) in [4.78, 5) is 40.4. The number of carboxylic acid groups (broad SMARTS) is 2. The Bertz CT molecular complexity index is 443. The van der Waals surface area contributed by atoms with Crippen molar-refractivity contribution in [3.05, 3.63) is 0 Å². The third-order valence-corrected chi connectivity index (χ3v) is 2.59. The number of hydrogen-bond acceptors (Lipinski definition) is 6. The number of carbonyl (C=O) groups excluding carboxylic acids is 4. The quantitative estimate of drug-likeness (QED) is 0.338. The van der Waals surface area contributed by atoms with Gasteiger partial charge in [-0.2, -0.15) is 26.3 Å². The van der Waals surface area contributed by atoms with Gasteiger partial charge < -0.3 is 19.8 Å². The number of Topliss-reactive ketones (excluding diaryl/α,β-unsaturated/α-hetero) is 2. The first-order chi connectivity index (χ1) is 10.5. The van der Waals surface area contributed by atoms with Gasteiger partial charge in [0.05, 0.1) is 0 Å². The number of aliphatic carboxylic acids is 2. The van der Waals surface area contributed by atoms with Crippen LogP contribution in [0.1, 0.15) is 26.7 Å². The summed E-state index contributed by atoms with van der Waals surface area (Å²) < 4.78 is 70.3. The Labute approximate surface area is 152 Å². The van der Waals surface area contributed by atoms with Gasteiger partial charge in [0.25, 0.3) is 0 Å². The van der Waals surface area contributed by atoms with Crippen LogP contribution in [0.2, 0.25) is 0 Å². The van der Waals surface area contributed by atoms with Crippen molar-refractivity contribution >= 4 is 23.5 Å². The summed E-state index contributed by atoms with van der Waals surface area (Å²) in [6.45, 7) is 1.23. The summed E-state index contributed by atoms with van der Waals surface area (Å²) in [5.41, 5.74) is 0. The van der Waals surface area contributed by atoms with Gasteiger partial charge in [-0.1, -0.05) is 0 Å². The average Bonchev–Trinajstić information content (AvgIpc) is 2.33. The van der Waals surface area contributed by atoms with E-state index in [1.807, 2.05) is 0 Å². The van der Waals surface area contributed by atoms with Crippen LogP contribution in [-0.2, 0) is 40.9 Å². The van der Waals surface area contributed by atoms with Crippen molar-refractivity contribution in [2.45, 2.75) is 39.0 Å². The number of alkyl halides is 6. The molecule has 142 valence electrons. The van der Waals surface area contributed by atoms with E-state index in [-0.39, 0.29) is 21.7 Å². The molecule has 0 bridgehead atoms. The molecule has 0 rings (SSSR count). The Morgan fingerprint density at radius 2 is 0.920 bits per heavy atom. The molecule has 13 heteroatoms. The van der Waals surface area contributed by atoms with Gasteiger partial charge in [0, 0.05) is 24.8 Å². The second-order valence-electron chi connectivity index (χ2n) is 4.56. The van der Waals surface area contributed by atoms with Gasteiger partial charge >= 0.3 is 34.1 Å². The standard InChI is InChI=1S/2C6H7F3O3.Ti/c2*1-3(6(7,8)9)4(10)2-5(11)12;/h2*3H,2H2,1H3,(H,11,12);/q;;+2/p-2. The number of rotatable bonds is 6. The third kappa shape index (κ3) is 13.5. The second-order valence-corrected chi connectivity index (χ2v) is 4.56. The number of ketones is 2. The first kappa shape index (κ1) is 28.4. The van der Waals surface area contributed by atoms with Crippen molar-refractivity contribution in [2.24, 2.45) is 11.8 Å². The Morgan fingerprint density at radius 1 is 0.720 bits per heavy atom. The molecule has 25 heavy (non-hydrogen) atoms. The molecule has 2 atom stereocenters. The third-order valence-electron chi connectivity index (χ3n) is 2.59. The fourth-order valence-corrected chi connectivity index (χ4v) is 0.956. The van der Waals surface area contributed by atoms with Crippen LogP contribution in [0, 0.1) is 11.8 Å². The summed E-state index contributed by atoms with van der Waals surface area (Å²) >= 11 is 0. The molecule has 0 aliphatic rings. The largest absolute Gasteiger partial charge is 2.00 e. The molecule has 0 aromatic rings. The maximum atomic E-state index is 11.7. The molecule has 0 saturated heterocycles. The van der Waals surface area contributed by atoms with Crippen molar-refractivity contribution in [3.8, 4) is 0 Å². The van der Waals surface area contributed by atoms with Crippen LogP contribution in [-0.4, -0.2) is 35.9 Å². The van der Waals surface area contributed by atoms with E-state index in [1.165, 1.54) is 0 Å². The summed E-state index contributed by atoms with van der Waals surface area (Å²) in [6, 6.07) is 0. The Balaban J connectivity index is -0.000000372. The normalized spacial score (nSPS) is 13.4. The minimum absolute atomic E-state index is 0. The van der Waals surface area contributed by atoms with Crippen molar-refractivity contribution in [1.82, 2.24) is 0 Å². The summed E-state index contributed by atoms with van der Waals surface area (Å²) in [5.74, 6) is -10.8. The SMILES string of the molecule is CC(C(=O)CC(=O)[O-])C(F)(F)F.CC(C(=O)CC(=O)[O-])C(F)(F)F.[Ti+2]. The minimum atomic E-state index is -4.67. The molecule has 0 aliphatic carbocycles. The van der Waals surface area contributed by atoms with Crippen LogP contribution >= 0.6 is 0 Å². The van der Waals surface area contributed by atoms with E-state index in [4.69, 9.17) is 0 Å². The van der Waals surface area contributed by atoms with E-state index in [9.17, 15) is 55.7 Å². The van der Waals surface area contributed by atoms with Gasteiger partial charge in [-0.05, 0) is 13.8 Å². The van der Waals surface area contributed by atoms with E-state index in [2.05, 4.69) is 0 Å². The van der Waals surface area contributed by atoms with E-state index in [1.54, 1.807) is 0 Å². The molecule has 0 fully saturated rings. The van der Waals surface area contributed by atoms with Crippen molar-refractivity contribution in [2.75, 3.05) is 0 Å². The van der Waals surface area contributed by atoms with E-state index in [0.29, 0.717) is 13.8 Å². The number of carboxylic acids is 2. The monoisotopic (exact) mass is 414 g/mol. The van der Waals surface area contributed by atoms with Crippen LogP contribution in [0.5, 0.6) is 0 Å². The molecule has 0 radical (unpaired) electrons. The average molecular weight is 414 g/mol. The summed E-state index contributed by atoms with van der Waals surface area (Å²) in [6.07, 6.45) is -11.7. The van der Waals surface area contributed by atoms with Crippen molar-refractivity contribution in [1.29, 1.82) is 0 Å². The van der Waals surface area contributed by atoms with E-state index < -0.39 is 60.5 Å². The van der Waals surface area contributed by atoms with Gasteiger partial charge in [0.1, 0.15) is 23.4 Å². The Kier molecular flexibility index (Phi) is 12.8. The second kappa shape index (κ2) is 11.2. The van der Waals surface area contributed by atoms with E-state index in [0.717, 1.165) is 0 Å². The van der Waals surface area contributed by atoms with Crippen LogP contribution < -0.4 is 10.2 Å². The molecular formula is C12H12F6O6Ti. The van der Waals surface area contributed by atoms with Gasteiger partial charge in [-0.25, -0.2) is 0 Å². The van der Waals surface area contributed by atoms with Crippen molar-refractivity contribution < 1.29 is 77.5 Å². The van der Waals surface area contributed by atoms with Crippen LogP contribution in [0.25, 0.3) is 0 Å². The van der Waals surface area contributed by atoms with Crippen LogP contribution in [0.4, 0.5) is 26.3 Å². The number of halogens is 6. The fourth-order valence-electron chi connectivity index (χ4n) is 0.956. The van der Waals surface area contributed by atoms with E-state index >= 15 is 0 Å². The summed E-state index contributed by atoms with van der Waals surface area (Å²) in [7, 11) is 0. The Hall–Kier alpha value is -1.43.